The van der Waals surface area contributed by atoms with Crippen LogP contribution in [0, 0.1) is 18.8 Å². The van der Waals surface area contributed by atoms with Gasteiger partial charge in [-0.15, -0.1) is 0 Å². The minimum atomic E-state index is 0.0270. The molecule has 5 nitrogen and oxygen atoms in total. The van der Waals surface area contributed by atoms with E-state index in [1.54, 1.807) is 18.0 Å². The van der Waals surface area contributed by atoms with Crippen molar-refractivity contribution in [2.45, 2.75) is 63.5 Å². The van der Waals surface area contributed by atoms with E-state index in [1.165, 1.54) is 24.0 Å². The summed E-state index contributed by atoms with van der Waals surface area (Å²) in [4.78, 5) is 22.2. The SMILES string of the molecule is Cc1cccc(CSc2nc3ccncc3n2Cc2ccc(C(=O)N[C@@H]3CCC[C@H](C)[C@@H]3C)cc2)c1. The molecule has 3 atom stereocenters. The van der Waals surface area contributed by atoms with Crippen molar-refractivity contribution >= 4 is 28.7 Å². The average Bonchev–Trinajstić information content (AvgIpc) is 3.23. The molecular formula is C30H34N4OS. The summed E-state index contributed by atoms with van der Waals surface area (Å²) in [5, 5.41) is 4.26. The van der Waals surface area contributed by atoms with Crippen molar-refractivity contribution in [3.05, 3.63) is 89.2 Å². The second-order valence-corrected chi connectivity index (χ2v) is 11.1. The maximum absolute atomic E-state index is 12.9. The number of imidazole rings is 1. The van der Waals surface area contributed by atoms with Gasteiger partial charge < -0.3 is 9.88 Å². The first kappa shape index (κ1) is 24.6. The molecule has 0 bridgehead atoms. The van der Waals surface area contributed by atoms with Crippen molar-refractivity contribution in [2.24, 2.45) is 11.8 Å². The number of thioether (sulfide) groups is 1. The highest BCUT2D eigenvalue weighted by Crippen LogP contribution is 2.30. The number of aryl methyl sites for hydroxylation is 1. The summed E-state index contributed by atoms with van der Waals surface area (Å²) in [5.41, 5.74) is 6.37. The standard InChI is InChI=1S/C30H34N4OS/c1-20-6-4-8-24(16-20)19-36-30-33-27-14-15-31-17-28(27)34(30)18-23-10-12-25(13-11-23)29(35)32-26-9-5-7-21(2)22(26)3/h4,6,8,10-17,21-22,26H,5,7,9,18-19H2,1-3H3,(H,32,35)/t21-,22-,26+/m0/s1. The Hall–Kier alpha value is -3.12. The molecular weight excluding hydrogens is 464 g/mol. The Morgan fingerprint density at radius 3 is 2.72 bits per heavy atom. The lowest BCUT2D eigenvalue weighted by molar-refractivity contribution is 0.0891. The normalized spacial score (nSPS) is 19.9. The molecule has 0 aliphatic heterocycles. The highest BCUT2D eigenvalue weighted by molar-refractivity contribution is 7.98. The summed E-state index contributed by atoms with van der Waals surface area (Å²) < 4.78 is 2.23. The topological polar surface area (TPSA) is 59.8 Å². The quantitative estimate of drug-likeness (QED) is 0.290. The lowest BCUT2D eigenvalue weighted by atomic mass is 9.78. The second kappa shape index (κ2) is 10.9. The lowest BCUT2D eigenvalue weighted by Crippen LogP contribution is -2.43. The predicted octanol–water partition coefficient (Wildman–Crippen LogP) is 6.63. The van der Waals surface area contributed by atoms with E-state index in [0.29, 0.717) is 18.4 Å². The van der Waals surface area contributed by atoms with Gasteiger partial charge in [0, 0.05) is 23.6 Å². The summed E-state index contributed by atoms with van der Waals surface area (Å²) in [5.74, 6) is 2.05. The van der Waals surface area contributed by atoms with Crippen molar-refractivity contribution in [3.63, 3.8) is 0 Å². The van der Waals surface area contributed by atoms with Crippen molar-refractivity contribution in [3.8, 4) is 0 Å². The van der Waals surface area contributed by atoms with E-state index in [9.17, 15) is 4.79 Å². The molecule has 2 aromatic carbocycles. The lowest BCUT2D eigenvalue weighted by Gasteiger charge is -2.34. The molecule has 1 saturated carbocycles. The van der Waals surface area contributed by atoms with Crippen LogP contribution < -0.4 is 5.32 Å². The Labute approximate surface area is 217 Å². The summed E-state index contributed by atoms with van der Waals surface area (Å²) in [6, 6.07) is 18.8. The molecule has 1 aliphatic rings. The third-order valence-electron chi connectivity index (χ3n) is 7.55. The van der Waals surface area contributed by atoms with Gasteiger partial charge in [0.05, 0.1) is 23.8 Å². The minimum absolute atomic E-state index is 0.0270. The summed E-state index contributed by atoms with van der Waals surface area (Å²) in [7, 11) is 0. The van der Waals surface area contributed by atoms with Crippen molar-refractivity contribution in [2.75, 3.05) is 0 Å². The number of pyridine rings is 1. The van der Waals surface area contributed by atoms with Crippen LogP contribution in [0.4, 0.5) is 0 Å². The average molecular weight is 499 g/mol. The highest BCUT2D eigenvalue weighted by atomic mass is 32.2. The van der Waals surface area contributed by atoms with E-state index < -0.39 is 0 Å². The Morgan fingerprint density at radius 1 is 1.08 bits per heavy atom. The molecule has 2 heterocycles. The van der Waals surface area contributed by atoms with Crippen LogP contribution in [0.1, 0.15) is 60.2 Å². The van der Waals surface area contributed by atoms with Gasteiger partial charge in [0.2, 0.25) is 0 Å². The molecule has 0 spiro atoms. The number of fused-ring (bicyclic) bond motifs is 1. The monoisotopic (exact) mass is 498 g/mol. The van der Waals surface area contributed by atoms with Gasteiger partial charge in [0.1, 0.15) is 0 Å². The zero-order chi connectivity index (χ0) is 25.1. The van der Waals surface area contributed by atoms with Crippen LogP contribution in [0.3, 0.4) is 0 Å². The van der Waals surface area contributed by atoms with Crippen LogP contribution in [0.15, 0.2) is 72.1 Å². The van der Waals surface area contributed by atoms with E-state index in [-0.39, 0.29) is 11.9 Å². The van der Waals surface area contributed by atoms with E-state index in [0.717, 1.165) is 39.5 Å². The fourth-order valence-corrected chi connectivity index (χ4v) is 6.10. The van der Waals surface area contributed by atoms with Gasteiger partial charge in [-0.1, -0.05) is 80.4 Å². The second-order valence-electron chi connectivity index (χ2n) is 10.2. The van der Waals surface area contributed by atoms with Crippen LogP contribution in [0.25, 0.3) is 11.0 Å². The third kappa shape index (κ3) is 5.49. The molecule has 6 heteroatoms. The summed E-state index contributed by atoms with van der Waals surface area (Å²) in [6.45, 7) is 7.35. The number of amides is 1. The molecule has 2 aromatic heterocycles. The Bertz CT molecular complexity index is 1350. The number of aromatic nitrogens is 3. The van der Waals surface area contributed by atoms with Crippen LogP contribution >= 0.6 is 11.8 Å². The molecule has 0 saturated heterocycles. The highest BCUT2D eigenvalue weighted by Gasteiger charge is 2.28. The Kier molecular flexibility index (Phi) is 7.42. The van der Waals surface area contributed by atoms with Gasteiger partial charge in [0.25, 0.3) is 5.91 Å². The number of nitrogens with one attached hydrogen (secondary N) is 1. The number of carbonyl (C=O) groups excluding carboxylic acids is 1. The molecule has 1 aliphatic carbocycles. The molecule has 36 heavy (non-hydrogen) atoms. The number of benzene rings is 2. The van der Waals surface area contributed by atoms with Crippen LogP contribution in [-0.4, -0.2) is 26.5 Å². The van der Waals surface area contributed by atoms with E-state index >= 15 is 0 Å². The largest absolute Gasteiger partial charge is 0.349 e. The minimum Gasteiger partial charge on any atom is -0.349 e. The molecule has 5 rings (SSSR count). The Morgan fingerprint density at radius 2 is 1.92 bits per heavy atom. The van der Waals surface area contributed by atoms with Crippen LogP contribution in [0.5, 0.6) is 0 Å². The maximum Gasteiger partial charge on any atom is 0.251 e. The molecule has 0 unspecified atom stereocenters. The van der Waals surface area contributed by atoms with Gasteiger partial charge in [-0.05, 0) is 54.5 Å². The van der Waals surface area contributed by atoms with Crippen LogP contribution in [-0.2, 0) is 12.3 Å². The molecule has 1 fully saturated rings. The maximum atomic E-state index is 12.9. The van der Waals surface area contributed by atoms with E-state index in [4.69, 9.17) is 4.98 Å². The van der Waals surface area contributed by atoms with Gasteiger partial charge in [-0.3, -0.25) is 9.78 Å². The fraction of sp³-hybridized carbons (Fsp3) is 0.367. The number of carbonyl (C=O) groups is 1. The Balaban J connectivity index is 1.31. The molecule has 4 aromatic rings. The third-order valence-corrected chi connectivity index (χ3v) is 8.59. The molecule has 186 valence electrons. The number of rotatable bonds is 7. The molecule has 0 radical (unpaired) electrons. The van der Waals surface area contributed by atoms with Gasteiger partial charge >= 0.3 is 0 Å². The number of nitrogens with zero attached hydrogens (tertiary/aromatic N) is 3. The van der Waals surface area contributed by atoms with Crippen molar-refractivity contribution in [1.29, 1.82) is 0 Å². The van der Waals surface area contributed by atoms with E-state index in [2.05, 4.69) is 72.0 Å². The van der Waals surface area contributed by atoms with Crippen LogP contribution in [0.2, 0.25) is 0 Å². The first-order valence-electron chi connectivity index (χ1n) is 12.9. The van der Waals surface area contributed by atoms with Gasteiger partial charge in [0.15, 0.2) is 5.16 Å². The fourth-order valence-electron chi connectivity index (χ4n) is 5.14. The number of hydrogen-bond donors (Lipinski definition) is 1. The zero-order valence-corrected chi connectivity index (χ0v) is 22.1. The van der Waals surface area contributed by atoms with E-state index in [1.807, 2.05) is 24.4 Å². The van der Waals surface area contributed by atoms with Crippen molar-refractivity contribution in [1.82, 2.24) is 19.9 Å². The van der Waals surface area contributed by atoms with Crippen molar-refractivity contribution < 1.29 is 4.79 Å². The van der Waals surface area contributed by atoms with Gasteiger partial charge in [-0.2, -0.15) is 0 Å². The smallest absolute Gasteiger partial charge is 0.251 e. The summed E-state index contributed by atoms with van der Waals surface area (Å²) >= 11 is 1.74. The molecule has 1 amide bonds. The first-order chi connectivity index (χ1) is 17.5. The summed E-state index contributed by atoms with van der Waals surface area (Å²) in [6.07, 6.45) is 7.18. The first-order valence-corrected chi connectivity index (χ1v) is 13.8. The predicted molar refractivity (Wildman–Crippen MR) is 147 cm³/mol. The van der Waals surface area contributed by atoms with Gasteiger partial charge in [-0.25, -0.2) is 4.98 Å². The molecule has 1 N–H and O–H groups in total. The zero-order valence-electron chi connectivity index (χ0n) is 21.3. The number of hydrogen-bond acceptors (Lipinski definition) is 4.